The molecule has 0 spiro atoms. The number of nitrogens with one attached hydrogen (secondary N) is 2. The molecule has 0 aliphatic heterocycles. The molecule has 1 heterocycles. The van der Waals surface area contributed by atoms with Crippen molar-refractivity contribution in [1.29, 1.82) is 0 Å². The van der Waals surface area contributed by atoms with Gasteiger partial charge >= 0.3 is 0 Å². The SMILES string of the molecule is Cc1cccc(-c2nnc(-c3ccc(C(=O)Nc4ccccc4C(=O)NCCC(N)=O)cc3)o2)c1. The van der Waals surface area contributed by atoms with Crippen LogP contribution < -0.4 is 16.4 Å². The van der Waals surface area contributed by atoms with E-state index in [1.165, 1.54) is 0 Å². The van der Waals surface area contributed by atoms with Crippen molar-refractivity contribution in [3.8, 4) is 22.9 Å². The van der Waals surface area contributed by atoms with Gasteiger partial charge in [0.25, 0.3) is 11.8 Å². The Morgan fingerprint density at radius 1 is 0.857 bits per heavy atom. The summed E-state index contributed by atoms with van der Waals surface area (Å²) < 4.78 is 5.80. The number of anilines is 1. The van der Waals surface area contributed by atoms with Crippen molar-refractivity contribution >= 4 is 23.4 Å². The van der Waals surface area contributed by atoms with Crippen molar-refractivity contribution in [2.45, 2.75) is 13.3 Å². The lowest BCUT2D eigenvalue weighted by Gasteiger charge is -2.11. The second-order valence-corrected chi connectivity index (χ2v) is 7.83. The highest BCUT2D eigenvalue weighted by atomic mass is 16.4. The first-order valence-corrected chi connectivity index (χ1v) is 10.9. The molecule has 9 heteroatoms. The topological polar surface area (TPSA) is 140 Å². The number of hydrogen-bond donors (Lipinski definition) is 3. The van der Waals surface area contributed by atoms with Crippen LogP contribution in [0.15, 0.2) is 77.2 Å². The summed E-state index contributed by atoms with van der Waals surface area (Å²) in [7, 11) is 0. The molecule has 3 amide bonds. The molecule has 0 fully saturated rings. The predicted octanol–water partition coefficient (Wildman–Crippen LogP) is 3.57. The molecule has 0 unspecified atom stereocenters. The zero-order valence-electron chi connectivity index (χ0n) is 18.9. The first-order chi connectivity index (χ1) is 16.9. The molecule has 1 aromatic heterocycles. The Bertz CT molecular complexity index is 1380. The highest BCUT2D eigenvalue weighted by Crippen LogP contribution is 2.25. The second kappa shape index (κ2) is 10.4. The fraction of sp³-hybridized carbons (Fsp3) is 0.115. The molecule has 0 aliphatic carbocycles. The van der Waals surface area contributed by atoms with Crippen LogP contribution in [0, 0.1) is 6.92 Å². The molecule has 0 saturated carbocycles. The summed E-state index contributed by atoms with van der Waals surface area (Å²) in [5.74, 6) is -0.567. The minimum Gasteiger partial charge on any atom is -0.416 e. The Labute approximate surface area is 201 Å². The van der Waals surface area contributed by atoms with Crippen molar-refractivity contribution in [1.82, 2.24) is 15.5 Å². The van der Waals surface area contributed by atoms with Gasteiger partial charge in [0.2, 0.25) is 17.7 Å². The summed E-state index contributed by atoms with van der Waals surface area (Å²) >= 11 is 0. The van der Waals surface area contributed by atoms with Crippen molar-refractivity contribution < 1.29 is 18.8 Å². The molecule has 0 bridgehead atoms. The molecule has 4 aromatic rings. The van der Waals surface area contributed by atoms with Crippen molar-refractivity contribution in [3.05, 3.63) is 89.5 Å². The summed E-state index contributed by atoms with van der Waals surface area (Å²) in [6.07, 6.45) is 0.0269. The first-order valence-electron chi connectivity index (χ1n) is 10.9. The maximum absolute atomic E-state index is 12.8. The van der Waals surface area contributed by atoms with Crippen LogP contribution in [-0.2, 0) is 4.79 Å². The van der Waals surface area contributed by atoms with Crippen LogP contribution in [0.4, 0.5) is 5.69 Å². The van der Waals surface area contributed by atoms with E-state index >= 15 is 0 Å². The predicted molar refractivity (Wildman–Crippen MR) is 130 cm³/mol. The molecule has 35 heavy (non-hydrogen) atoms. The molecule has 176 valence electrons. The number of primary amides is 1. The molecule has 0 aliphatic rings. The number of aromatic nitrogens is 2. The number of benzene rings is 3. The quantitative estimate of drug-likeness (QED) is 0.360. The van der Waals surface area contributed by atoms with Gasteiger partial charge in [0.15, 0.2) is 0 Å². The number of carbonyl (C=O) groups is 3. The largest absolute Gasteiger partial charge is 0.416 e. The maximum atomic E-state index is 12.8. The van der Waals surface area contributed by atoms with Crippen LogP contribution in [0.25, 0.3) is 22.9 Å². The van der Waals surface area contributed by atoms with Gasteiger partial charge < -0.3 is 20.8 Å². The standard InChI is InChI=1S/C26H23N5O4/c1-16-5-4-6-19(15-16)26-31-30-25(35-26)18-11-9-17(10-12-18)23(33)29-21-8-3-2-7-20(21)24(34)28-14-13-22(27)32/h2-12,15H,13-14H2,1H3,(H2,27,32)(H,28,34)(H,29,33). The third-order valence-electron chi connectivity index (χ3n) is 5.16. The number of nitrogens with zero attached hydrogens (tertiary/aromatic N) is 2. The van der Waals surface area contributed by atoms with E-state index in [-0.39, 0.29) is 24.4 Å². The van der Waals surface area contributed by atoms with Crippen LogP contribution in [0.2, 0.25) is 0 Å². The van der Waals surface area contributed by atoms with Crippen molar-refractivity contribution in [3.63, 3.8) is 0 Å². The summed E-state index contributed by atoms with van der Waals surface area (Å²) in [5.41, 5.74) is 8.69. The van der Waals surface area contributed by atoms with Gasteiger partial charge in [-0.25, -0.2) is 0 Å². The Hall–Kier alpha value is -4.79. The molecular formula is C26H23N5O4. The number of nitrogens with two attached hydrogens (primary N) is 1. The van der Waals surface area contributed by atoms with E-state index in [1.54, 1.807) is 48.5 Å². The monoisotopic (exact) mass is 469 g/mol. The van der Waals surface area contributed by atoms with E-state index in [1.807, 2.05) is 31.2 Å². The van der Waals surface area contributed by atoms with Gasteiger partial charge in [-0.2, -0.15) is 0 Å². The molecular weight excluding hydrogens is 446 g/mol. The molecule has 0 saturated heterocycles. The van der Waals surface area contributed by atoms with E-state index in [0.717, 1.165) is 11.1 Å². The van der Waals surface area contributed by atoms with Gasteiger partial charge in [-0.3, -0.25) is 14.4 Å². The van der Waals surface area contributed by atoms with E-state index < -0.39 is 11.8 Å². The molecule has 0 radical (unpaired) electrons. The lowest BCUT2D eigenvalue weighted by Crippen LogP contribution is -2.28. The van der Waals surface area contributed by atoms with Crippen LogP contribution >= 0.6 is 0 Å². The number of rotatable bonds is 8. The van der Waals surface area contributed by atoms with Gasteiger partial charge in [0.1, 0.15) is 0 Å². The van der Waals surface area contributed by atoms with Crippen LogP contribution in [0.1, 0.15) is 32.7 Å². The normalized spacial score (nSPS) is 10.5. The molecule has 0 atom stereocenters. The number of aryl methyl sites for hydroxylation is 1. The highest BCUT2D eigenvalue weighted by molar-refractivity contribution is 6.09. The van der Waals surface area contributed by atoms with Gasteiger partial charge in [-0.1, -0.05) is 29.8 Å². The lowest BCUT2D eigenvalue weighted by atomic mass is 10.1. The Kier molecular flexibility index (Phi) is 6.96. The maximum Gasteiger partial charge on any atom is 0.255 e. The average molecular weight is 470 g/mol. The molecule has 9 nitrogen and oxygen atoms in total. The summed E-state index contributed by atoms with van der Waals surface area (Å²) in [5, 5.41) is 13.6. The molecule has 4 N–H and O–H groups in total. The van der Waals surface area contributed by atoms with E-state index in [4.69, 9.17) is 10.2 Å². The smallest absolute Gasteiger partial charge is 0.255 e. The average Bonchev–Trinajstić information content (AvgIpc) is 3.35. The van der Waals surface area contributed by atoms with Gasteiger partial charge in [-0.15, -0.1) is 10.2 Å². The Balaban J connectivity index is 1.45. The van der Waals surface area contributed by atoms with Crippen LogP contribution in [0.3, 0.4) is 0 Å². The van der Waals surface area contributed by atoms with Gasteiger partial charge in [0, 0.05) is 29.7 Å². The summed E-state index contributed by atoms with van der Waals surface area (Å²) in [6, 6.07) is 21.1. The number of hydrogen-bond acceptors (Lipinski definition) is 6. The van der Waals surface area contributed by atoms with E-state index in [2.05, 4.69) is 20.8 Å². The van der Waals surface area contributed by atoms with Gasteiger partial charge in [-0.05, 0) is 55.5 Å². The van der Waals surface area contributed by atoms with Crippen molar-refractivity contribution in [2.24, 2.45) is 5.73 Å². The lowest BCUT2D eigenvalue weighted by molar-refractivity contribution is -0.117. The fourth-order valence-electron chi connectivity index (χ4n) is 3.38. The third kappa shape index (κ3) is 5.77. The van der Waals surface area contributed by atoms with Crippen LogP contribution in [0.5, 0.6) is 0 Å². The third-order valence-corrected chi connectivity index (χ3v) is 5.16. The minimum atomic E-state index is -0.512. The van der Waals surface area contributed by atoms with Crippen LogP contribution in [-0.4, -0.2) is 34.5 Å². The first kappa shape index (κ1) is 23.4. The fourth-order valence-corrected chi connectivity index (χ4v) is 3.38. The van der Waals surface area contributed by atoms with E-state index in [9.17, 15) is 14.4 Å². The Morgan fingerprint density at radius 2 is 1.57 bits per heavy atom. The van der Waals surface area contributed by atoms with Crippen molar-refractivity contribution in [2.75, 3.05) is 11.9 Å². The zero-order chi connectivity index (χ0) is 24.8. The molecule has 3 aromatic carbocycles. The second-order valence-electron chi connectivity index (χ2n) is 7.83. The highest BCUT2D eigenvalue weighted by Gasteiger charge is 2.15. The summed E-state index contributed by atoms with van der Waals surface area (Å²) in [4.78, 5) is 36.1. The molecule has 4 rings (SSSR count). The number of carbonyl (C=O) groups excluding carboxylic acids is 3. The number of para-hydroxylation sites is 1. The Morgan fingerprint density at radius 3 is 2.29 bits per heavy atom. The van der Waals surface area contributed by atoms with E-state index in [0.29, 0.717) is 28.6 Å². The number of amides is 3. The minimum absolute atomic E-state index is 0.0269. The summed E-state index contributed by atoms with van der Waals surface area (Å²) in [6.45, 7) is 2.10. The van der Waals surface area contributed by atoms with Gasteiger partial charge in [0.05, 0.1) is 11.3 Å². The zero-order valence-corrected chi connectivity index (χ0v) is 18.9.